The van der Waals surface area contributed by atoms with Gasteiger partial charge in [0.2, 0.25) is 0 Å². The van der Waals surface area contributed by atoms with E-state index in [-0.39, 0.29) is 0 Å². The molecule has 1 heterocycles. The van der Waals surface area contributed by atoms with Crippen LogP contribution in [-0.2, 0) is 0 Å². The molecule has 0 unspecified atom stereocenters. The molecule has 0 spiro atoms. The van der Waals surface area contributed by atoms with Crippen molar-refractivity contribution in [3.05, 3.63) is 30.5 Å². The highest BCUT2D eigenvalue weighted by molar-refractivity contribution is 5.85. The van der Waals surface area contributed by atoms with E-state index in [9.17, 15) is 5.11 Å². The molecular formula is C11H13NO. The Kier molecular flexibility index (Phi) is 1.76. The van der Waals surface area contributed by atoms with Crippen molar-refractivity contribution in [1.82, 2.24) is 4.57 Å². The Hall–Kier alpha value is -1.44. The number of hydrogen-bond donors (Lipinski definition) is 1. The molecule has 0 aliphatic rings. The van der Waals surface area contributed by atoms with Gasteiger partial charge < -0.3 is 9.67 Å². The van der Waals surface area contributed by atoms with E-state index in [4.69, 9.17) is 0 Å². The molecule has 68 valence electrons. The summed E-state index contributed by atoms with van der Waals surface area (Å²) in [6.45, 7) is 4.21. The molecule has 13 heavy (non-hydrogen) atoms. The summed E-state index contributed by atoms with van der Waals surface area (Å²) in [5.74, 6) is 0.358. The summed E-state index contributed by atoms with van der Waals surface area (Å²) >= 11 is 0. The minimum Gasteiger partial charge on any atom is -0.506 e. The fourth-order valence-electron chi connectivity index (χ4n) is 1.63. The van der Waals surface area contributed by atoms with Crippen molar-refractivity contribution in [2.75, 3.05) is 0 Å². The Bertz CT molecular complexity index is 429. The number of phenolic OH excluding ortho intramolecular Hbond substituents is 1. The van der Waals surface area contributed by atoms with Crippen molar-refractivity contribution >= 4 is 10.9 Å². The lowest BCUT2D eigenvalue weighted by atomic mass is 10.2. The predicted molar refractivity (Wildman–Crippen MR) is 54.0 cm³/mol. The highest BCUT2D eigenvalue weighted by Gasteiger charge is 2.06. The van der Waals surface area contributed by atoms with Gasteiger partial charge in [-0.3, -0.25) is 0 Å². The fourth-order valence-corrected chi connectivity index (χ4v) is 1.63. The van der Waals surface area contributed by atoms with Crippen molar-refractivity contribution in [2.45, 2.75) is 19.9 Å². The Balaban J connectivity index is 2.79. The highest BCUT2D eigenvalue weighted by Crippen LogP contribution is 2.27. The first-order chi connectivity index (χ1) is 6.20. The van der Waals surface area contributed by atoms with Crippen LogP contribution >= 0.6 is 0 Å². The SMILES string of the molecule is CC(C)n1ccc2cccc(O)c21. The van der Waals surface area contributed by atoms with E-state index in [0.717, 1.165) is 10.9 Å². The summed E-state index contributed by atoms with van der Waals surface area (Å²) in [6.07, 6.45) is 2.01. The van der Waals surface area contributed by atoms with Gasteiger partial charge in [-0.15, -0.1) is 0 Å². The second kappa shape index (κ2) is 2.80. The third kappa shape index (κ3) is 1.18. The molecule has 2 nitrogen and oxygen atoms in total. The second-order valence-corrected chi connectivity index (χ2v) is 3.53. The number of aromatic nitrogens is 1. The first-order valence-corrected chi connectivity index (χ1v) is 4.48. The van der Waals surface area contributed by atoms with Crippen molar-refractivity contribution in [3.63, 3.8) is 0 Å². The van der Waals surface area contributed by atoms with Crippen LogP contribution in [0.2, 0.25) is 0 Å². The van der Waals surface area contributed by atoms with Crippen LogP contribution in [0, 0.1) is 0 Å². The molecule has 0 bridgehead atoms. The van der Waals surface area contributed by atoms with Crippen LogP contribution in [0.4, 0.5) is 0 Å². The lowest BCUT2D eigenvalue weighted by Crippen LogP contribution is -1.97. The van der Waals surface area contributed by atoms with E-state index >= 15 is 0 Å². The van der Waals surface area contributed by atoms with E-state index in [0.29, 0.717) is 11.8 Å². The minimum absolute atomic E-state index is 0.358. The maximum absolute atomic E-state index is 9.67. The molecule has 0 aliphatic heterocycles. The largest absolute Gasteiger partial charge is 0.506 e. The van der Waals surface area contributed by atoms with Gasteiger partial charge in [0.15, 0.2) is 0 Å². The number of hydrogen-bond acceptors (Lipinski definition) is 1. The predicted octanol–water partition coefficient (Wildman–Crippen LogP) is 2.93. The average molecular weight is 175 g/mol. The molecule has 0 fully saturated rings. The third-order valence-electron chi connectivity index (χ3n) is 2.28. The minimum atomic E-state index is 0.358. The molecule has 1 N–H and O–H groups in total. The number of aromatic hydroxyl groups is 1. The van der Waals surface area contributed by atoms with E-state index in [1.807, 2.05) is 24.4 Å². The number of para-hydroxylation sites is 1. The van der Waals surface area contributed by atoms with Gasteiger partial charge in [-0.05, 0) is 26.0 Å². The number of fused-ring (bicyclic) bond motifs is 1. The topological polar surface area (TPSA) is 25.2 Å². The Labute approximate surface area is 77.4 Å². The first-order valence-electron chi connectivity index (χ1n) is 4.48. The van der Waals surface area contributed by atoms with Crippen molar-refractivity contribution in [1.29, 1.82) is 0 Å². The summed E-state index contributed by atoms with van der Waals surface area (Å²) in [4.78, 5) is 0. The zero-order valence-corrected chi connectivity index (χ0v) is 7.86. The summed E-state index contributed by atoms with van der Waals surface area (Å²) in [6, 6.07) is 8.00. The van der Waals surface area contributed by atoms with E-state index in [2.05, 4.69) is 18.4 Å². The van der Waals surface area contributed by atoms with Crippen molar-refractivity contribution < 1.29 is 5.11 Å². The van der Waals surface area contributed by atoms with E-state index < -0.39 is 0 Å². The van der Waals surface area contributed by atoms with Crippen LogP contribution in [-0.4, -0.2) is 9.67 Å². The van der Waals surface area contributed by atoms with Crippen LogP contribution in [0.3, 0.4) is 0 Å². The van der Waals surface area contributed by atoms with Crippen LogP contribution in [0.25, 0.3) is 10.9 Å². The molecule has 1 aromatic carbocycles. The van der Waals surface area contributed by atoms with Crippen LogP contribution in [0.5, 0.6) is 5.75 Å². The molecule has 0 atom stereocenters. The summed E-state index contributed by atoms with van der Waals surface area (Å²) in [5.41, 5.74) is 0.928. The Morgan fingerprint density at radius 2 is 2.00 bits per heavy atom. The number of phenols is 1. The van der Waals surface area contributed by atoms with Gasteiger partial charge in [0, 0.05) is 17.6 Å². The quantitative estimate of drug-likeness (QED) is 0.708. The molecule has 0 aliphatic carbocycles. The number of benzene rings is 1. The van der Waals surface area contributed by atoms with Gasteiger partial charge in [-0.25, -0.2) is 0 Å². The summed E-state index contributed by atoms with van der Waals surface area (Å²) in [5, 5.41) is 10.8. The maximum Gasteiger partial charge on any atom is 0.139 e. The lowest BCUT2D eigenvalue weighted by Gasteiger charge is -2.09. The molecule has 0 saturated heterocycles. The Morgan fingerprint density at radius 1 is 1.23 bits per heavy atom. The van der Waals surface area contributed by atoms with Gasteiger partial charge in [-0.2, -0.15) is 0 Å². The van der Waals surface area contributed by atoms with Crippen LogP contribution in [0.15, 0.2) is 30.5 Å². The first kappa shape index (κ1) is 8.17. The number of rotatable bonds is 1. The molecular weight excluding hydrogens is 162 g/mol. The monoisotopic (exact) mass is 175 g/mol. The van der Waals surface area contributed by atoms with Crippen LogP contribution in [0.1, 0.15) is 19.9 Å². The molecule has 0 radical (unpaired) electrons. The van der Waals surface area contributed by atoms with Gasteiger partial charge in [0.05, 0.1) is 5.52 Å². The molecule has 1 aromatic heterocycles. The molecule has 2 aromatic rings. The molecule has 2 heteroatoms. The fraction of sp³-hybridized carbons (Fsp3) is 0.273. The lowest BCUT2D eigenvalue weighted by molar-refractivity contribution is 0.475. The number of nitrogens with zero attached hydrogens (tertiary/aromatic N) is 1. The molecule has 2 rings (SSSR count). The third-order valence-corrected chi connectivity index (χ3v) is 2.28. The molecule has 0 amide bonds. The Morgan fingerprint density at radius 3 is 2.69 bits per heavy atom. The zero-order valence-electron chi connectivity index (χ0n) is 7.86. The smallest absolute Gasteiger partial charge is 0.139 e. The summed E-state index contributed by atoms with van der Waals surface area (Å²) in [7, 11) is 0. The standard InChI is InChI=1S/C11H13NO/c1-8(2)12-7-6-9-4-3-5-10(13)11(9)12/h3-8,13H,1-2H3. The van der Waals surface area contributed by atoms with Gasteiger partial charge in [0.1, 0.15) is 5.75 Å². The maximum atomic E-state index is 9.67. The van der Waals surface area contributed by atoms with E-state index in [1.165, 1.54) is 0 Å². The highest BCUT2D eigenvalue weighted by atomic mass is 16.3. The van der Waals surface area contributed by atoms with Crippen molar-refractivity contribution in [2.24, 2.45) is 0 Å². The normalized spacial score (nSPS) is 11.3. The van der Waals surface area contributed by atoms with Crippen molar-refractivity contribution in [3.8, 4) is 5.75 Å². The molecule has 0 saturated carbocycles. The van der Waals surface area contributed by atoms with E-state index in [1.54, 1.807) is 6.07 Å². The van der Waals surface area contributed by atoms with Gasteiger partial charge >= 0.3 is 0 Å². The zero-order chi connectivity index (χ0) is 9.42. The van der Waals surface area contributed by atoms with Gasteiger partial charge in [-0.1, -0.05) is 12.1 Å². The van der Waals surface area contributed by atoms with Crippen LogP contribution < -0.4 is 0 Å². The average Bonchev–Trinajstić information content (AvgIpc) is 2.49. The van der Waals surface area contributed by atoms with Gasteiger partial charge in [0.25, 0.3) is 0 Å². The second-order valence-electron chi connectivity index (χ2n) is 3.53. The summed E-state index contributed by atoms with van der Waals surface area (Å²) < 4.78 is 2.07.